The third-order valence-electron chi connectivity index (χ3n) is 5.69. The molecular formula is C19H24N2O2. The highest BCUT2D eigenvalue weighted by Gasteiger charge is 2.39. The van der Waals surface area contributed by atoms with Crippen molar-refractivity contribution in [3.8, 4) is 0 Å². The third kappa shape index (κ3) is 2.87. The van der Waals surface area contributed by atoms with Gasteiger partial charge in [0.2, 0.25) is 11.8 Å². The van der Waals surface area contributed by atoms with Crippen molar-refractivity contribution in [3.05, 3.63) is 35.4 Å². The van der Waals surface area contributed by atoms with E-state index in [1.807, 2.05) is 4.90 Å². The van der Waals surface area contributed by atoms with Crippen LogP contribution in [0.25, 0.3) is 0 Å². The maximum absolute atomic E-state index is 12.6. The maximum atomic E-state index is 12.6. The molecule has 0 aromatic heterocycles. The number of hydrogen-bond acceptors (Lipinski definition) is 2. The summed E-state index contributed by atoms with van der Waals surface area (Å²) in [6.45, 7) is 0.620. The molecule has 0 radical (unpaired) electrons. The molecule has 1 aliphatic heterocycles. The molecule has 4 rings (SSSR count). The Morgan fingerprint density at radius 2 is 1.70 bits per heavy atom. The number of amides is 2. The zero-order chi connectivity index (χ0) is 15.8. The van der Waals surface area contributed by atoms with E-state index in [9.17, 15) is 9.59 Å². The molecule has 0 spiro atoms. The van der Waals surface area contributed by atoms with Gasteiger partial charge in [0.25, 0.3) is 0 Å². The van der Waals surface area contributed by atoms with E-state index in [1.54, 1.807) is 0 Å². The highest BCUT2D eigenvalue weighted by Crippen LogP contribution is 2.30. The van der Waals surface area contributed by atoms with Gasteiger partial charge in [-0.2, -0.15) is 0 Å². The maximum Gasteiger partial charge on any atom is 0.225 e. The lowest BCUT2D eigenvalue weighted by atomic mass is 10.1. The summed E-state index contributed by atoms with van der Waals surface area (Å²) in [6, 6.07) is 8.97. The summed E-state index contributed by atoms with van der Waals surface area (Å²) >= 11 is 0. The van der Waals surface area contributed by atoms with Crippen LogP contribution in [-0.2, 0) is 22.4 Å². The van der Waals surface area contributed by atoms with E-state index in [1.165, 1.54) is 24.0 Å². The van der Waals surface area contributed by atoms with E-state index in [0.717, 1.165) is 25.7 Å². The van der Waals surface area contributed by atoms with Crippen LogP contribution in [0.2, 0.25) is 0 Å². The van der Waals surface area contributed by atoms with Gasteiger partial charge in [-0.25, -0.2) is 0 Å². The summed E-state index contributed by atoms with van der Waals surface area (Å²) in [5.41, 5.74) is 2.68. The van der Waals surface area contributed by atoms with Crippen molar-refractivity contribution in [1.82, 2.24) is 10.2 Å². The van der Waals surface area contributed by atoms with Gasteiger partial charge in [0.1, 0.15) is 0 Å². The molecule has 4 nitrogen and oxygen atoms in total. The minimum Gasteiger partial charge on any atom is -0.352 e. The predicted molar refractivity (Wildman–Crippen MR) is 87.9 cm³/mol. The second-order valence-electron chi connectivity index (χ2n) is 7.27. The van der Waals surface area contributed by atoms with Gasteiger partial charge < -0.3 is 10.2 Å². The Labute approximate surface area is 137 Å². The number of hydrogen-bond donors (Lipinski definition) is 1. The molecule has 23 heavy (non-hydrogen) atoms. The molecule has 1 N–H and O–H groups in total. The summed E-state index contributed by atoms with van der Waals surface area (Å²) in [7, 11) is 0. The Morgan fingerprint density at radius 3 is 2.35 bits per heavy atom. The number of nitrogens with zero attached hydrogens (tertiary/aromatic N) is 1. The van der Waals surface area contributed by atoms with Crippen molar-refractivity contribution in [1.29, 1.82) is 0 Å². The number of fused-ring (bicyclic) bond motifs is 1. The summed E-state index contributed by atoms with van der Waals surface area (Å²) in [6.07, 6.45) is 6.86. The van der Waals surface area contributed by atoms with Gasteiger partial charge in [0.05, 0.1) is 5.92 Å². The number of benzene rings is 1. The van der Waals surface area contributed by atoms with Gasteiger partial charge in [0.15, 0.2) is 0 Å². The van der Waals surface area contributed by atoms with Crippen LogP contribution in [0.4, 0.5) is 0 Å². The predicted octanol–water partition coefficient (Wildman–Crippen LogP) is 2.06. The molecule has 1 aromatic rings. The lowest BCUT2D eigenvalue weighted by molar-refractivity contribution is -0.130. The van der Waals surface area contributed by atoms with Gasteiger partial charge >= 0.3 is 0 Å². The van der Waals surface area contributed by atoms with Crippen molar-refractivity contribution < 1.29 is 9.59 Å². The quantitative estimate of drug-likeness (QED) is 0.929. The van der Waals surface area contributed by atoms with Gasteiger partial charge in [0, 0.05) is 25.0 Å². The molecule has 0 bridgehead atoms. The molecule has 3 aliphatic rings. The average Bonchev–Trinajstić information content (AvgIpc) is 3.24. The Bertz CT molecular complexity index is 597. The smallest absolute Gasteiger partial charge is 0.225 e. The first kappa shape index (κ1) is 14.7. The first-order valence-corrected chi connectivity index (χ1v) is 8.87. The summed E-state index contributed by atoms with van der Waals surface area (Å²) in [4.78, 5) is 26.8. The molecule has 1 atom stereocenters. The molecule has 0 unspecified atom stereocenters. The van der Waals surface area contributed by atoms with E-state index < -0.39 is 0 Å². The lowest BCUT2D eigenvalue weighted by Crippen LogP contribution is -2.41. The van der Waals surface area contributed by atoms with Crippen LogP contribution < -0.4 is 5.32 Å². The molecule has 2 fully saturated rings. The SMILES string of the molecule is O=C(NC1Cc2ccccc2C1)[C@@H]1CC(=O)N(C2CCCC2)C1. The molecule has 2 amide bonds. The zero-order valence-electron chi connectivity index (χ0n) is 13.5. The fourth-order valence-electron chi connectivity index (χ4n) is 4.46. The lowest BCUT2D eigenvalue weighted by Gasteiger charge is -2.24. The minimum atomic E-state index is -0.160. The van der Waals surface area contributed by atoms with Crippen molar-refractivity contribution in [2.24, 2.45) is 5.92 Å². The standard InChI is InChI=1S/C19H24N2O2/c22-18-11-15(12-21(18)17-7-3-4-8-17)19(23)20-16-9-13-5-1-2-6-14(13)10-16/h1-2,5-6,15-17H,3-4,7-12H2,(H,20,23)/t15-/m1/s1. The highest BCUT2D eigenvalue weighted by atomic mass is 16.2. The van der Waals surface area contributed by atoms with Crippen molar-refractivity contribution in [2.75, 3.05) is 6.54 Å². The largest absolute Gasteiger partial charge is 0.352 e. The van der Waals surface area contributed by atoms with Crippen LogP contribution in [0.1, 0.15) is 43.2 Å². The number of carbonyl (C=O) groups excluding carboxylic acids is 2. The van der Waals surface area contributed by atoms with Crippen LogP contribution >= 0.6 is 0 Å². The van der Waals surface area contributed by atoms with Crippen LogP contribution in [-0.4, -0.2) is 35.3 Å². The fraction of sp³-hybridized carbons (Fsp3) is 0.579. The van der Waals surface area contributed by atoms with E-state index in [-0.39, 0.29) is 23.8 Å². The number of likely N-dealkylation sites (tertiary alicyclic amines) is 1. The van der Waals surface area contributed by atoms with E-state index in [2.05, 4.69) is 29.6 Å². The molecule has 2 aliphatic carbocycles. The van der Waals surface area contributed by atoms with Crippen LogP contribution in [0.3, 0.4) is 0 Å². The Morgan fingerprint density at radius 1 is 1.04 bits per heavy atom. The van der Waals surface area contributed by atoms with Gasteiger partial charge in [-0.3, -0.25) is 9.59 Å². The third-order valence-corrected chi connectivity index (χ3v) is 5.69. The highest BCUT2D eigenvalue weighted by molar-refractivity contribution is 5.89. The number of carbonyl (C=O) groups is 2. The van der Waals surface area contributed by atoms with Crippen molar-refractivity contribution in [2.45, 2.75) is 57.0 Å². The second-order valence-corrected chi connectivity index (χ2v) is 7.27. The molecule has 1 saturated carbocycles. The van der Waals surface area contributed by atoms with E-state index in [0.29, 0.717) is 19.0 Å². The van der Waals surface area contributed by atoms with E-state index in [4.69, 9.17) is 0 Å². The Hall–Kier alpha value is -1.84. The van der Waals surface area contributed by atoms with E-state index >= 15 is 0 Å². The molecule has 1 aromatic carbocycles. The Kier molecular flexibility index (Phi) is 3.83. The second kappa shape index (κ2) is 5.99. The van der Waals surface area contributed by atoms with Crippen molar-refractivity contribution >= 4 is 11.8 Å². The molecule has 1 saturated heterocycles. The van der Waals surface area contributed by atoms with Crippen LogP contribution in [0.5, 0.6) is 0 Å². The summed E-state index contributed by atoms with van der Waals surface area (Å²) < 4.78 is 0. The molecule has 1 heterocycles. The summed E-state index contributed by atoms with van der Waals surface area (Å²) in [5.74, 6) is 0.0789. The first-order valence-electron chi connectivity index (χ1n) is 8.87. The van der Waals surface area contributed by atoms with Crippen molar-refractivity contribution in [3.63, 3.8) is 0 Å². The fourth-order valence-corrected chi connectivity index (χ4v) is 4.46. The normalized spacial score (nSPS) is 25.1. The zero-order valence-corrected chi connectivity index (χ0v) is 13.5. The molecule has 4 heteroatoms. The van der Waals surface area contributed by atoms with Crippen LogP contribution in [0.15, 0.2) is 24.3 Å². The number of nitrogens with one attached hydrogen (secondary N) is 1. The molecular weight excluding hydrogens is 288 g/mol. The Balaban J connectivity index is 1.34. The summed E-state index contributed by atoms with van der Waals surface area (Å²) in [5, 5.41) is 3.18. The van der Waals surface area contributed by atoms with Crippen LogP contribution in [0, 0.1) is 5.92 Å². The van der Waals surface area contributed by atoms with Gasteiger partial charge in [-0.05, 0) is 36.8 Å². The molecule has 122 valence electrons. The minimum absolute atomic E-state index is 0.0663. The van der Waals surface area contributed by atoms with Gasteiger partial charge in [-0.1, -0.05) is 37.1 Å². The topological polar surface area (TPSA) is 49.4 Å². The average molecular weight is 312 g/mol. The monoisotopic (exact) mass is 312 g/mol. The first-order chi connectivity index (χ1) is 11.2. The number of rotatable bonds is 3. The van der Waals surface area contributed by atoms with Gasteiger partial charge in [-0.15, -0.1) is 0 Å².